The third-order valence-electron chi connectivity index (χ3n) is 4.34. The van der Waals surface area contributed by atoms with Gasteiger partial charge in [0.1, 0.15) is 28.6 Å². The van der Waals surface area contributed by atoms with E-state index in [1.54, 1.807) is 27.7 Å². The van der Waals surface area contributed by atoms with E-state index >= 15 is 0 Å². The van der Waals surface area contributed by atoms with Crippen molar-refractivity contribution in [3.05, 3.63) is 35.9 Å². The summed E-state index contributed by atoms with van der Waals surface area (Å²) < 4.78 is 5.29. The molecule has 1 aliphatic rings. The lowest BCUT2D eigenvalue weighted by molar-refractivity contribution is -0.143. The number of hydrogen-bond acceptors (Lipinski definition) is 4. The van der Waals surface area contributed by atoms with Gasteiger partial charge < -0.3 is 10.1 Å². The molecule has 5 nitrogen and oxygen atoms in total. The fraction of sp³-hybridized carbons (Fsp3) is 0.476. The molecule has 26 heavy (non-hydrogen) atoms. The standard InChI is InChI=1S/C21H25NO4/c1-20(2,3)26-19(25)22-16(14-13-15-9-6-5-7-10-15)21(4)17(23)11-8-12-18(21)24/h5-7,9-10,16H,8,11-12H2,1-4H3,(H,22,25). The molecule has 0 spiro atoms. The first-order valence-corrected chi connectivity index (χ1v) is 8.75. The molecule has 1 aliphatic carbocycles. The highest BCUT2D eigenvalue weighted by molar-refractivity contribution is 6.10. The van der Waals surface area contributed by atoms with Crippen LogP contribution in [0.25, 0.3) is 0 Å². The van der Waals surface area contributed by atoms with Crippen molar-refractivity contribution in [2.45, 2.75) is 58.6 Å². The lowest BCUT2D eigenvalue weighted by Gasteiger charge is -2.35. The molecule has 5 heteroatoms. The quantitative estimate of drug-likeness (QED) is 0.653. The fourth-order valence-corrected chi connectivity index (χ4v) is 2.83. The smallest absolute Gasteiger partial charge is 0.408 e. The van der Waals surface area contributed by atoms with Gasteiger partial charge in [0, 0.05) is 18.4 Å². The molecule has 0 saturated heterocycles. The van der Waals surface area contributed by atoms with Crippen LogP contribution >= 0.6 is 0 Å². The summed E-state index contributed by atoms with van der Waals surface area (Å²) in [6, 6.07) is 8.27. The van der Waals surface area contributed by atoms with Crippen molar-refractivity contribution >= 4 is 17.7 Å². The van der Waals surface area contributed by atoms with Gasteiger partial charge in [-0.1, -0.05) is 30.0 Å². The van der Waals surface area contributed by atoms with Crippen LogP contribution in [0.1, 0.15) is 52.5 Å². The Balaban J connectivity index is 2.35. The maximum absolute atomic E-state index is 12.6. The molecule has 1 saturated carbocycles. The zero-order chi connectivity index (χ0) is 19.4. The van der Waals surface area contributed by atoms with Crippen molar-refractivity contribution in [1.82, 2.24) is 5.32 Å². The number of carbonyl (C=O) groups is 3. The van der Waals surface area contributed by atoms with Crippen molar-refractivity contribution in [2.24, 2.45) is 5.41 Å². The van der Waals surface area contributed by atoms with Crippen LogP contribution < -0.4 is 5.32 Å². The van der Waals surface area contributed by atoms with E-state index in [9.17, 15) is 14.4 Å². The molecule has 0 aliphatic heterocycles. The van der Waals surface area contributed by atoms with Crippen LogP contribution in [-0.2, 0) is 14.3 Å². The number of nitrogens with one attached hydrogen (secondary N) is 1. The Morgan fingerprint density at radius 1 is 1.15 bits per heavy atom. The van der Waals surface area contributed by atoms with Crippen LogP contribution in [0.4, 0.5) is 4.79 Å². The normalized spacial score (nSPS) is 17.7. The number of amides is 1. The van der Waals surface area contributed by atoms with Crippen molar-refractivity contribution in [3.8, 4) is 11.8 Å². The maximum Gasteiger partial charge on any atom is 0.408 e. The molecule has 1 fully saturated rings. The third-order valence-corrected chi connectivity index (χ3v) is 4.34. The van der Waals surface area contributed by atoms with Gasteiger partial charge in [0.05, 0.1) is 0 Å². The first-order chi connectivity index (χ1) is 12.1. The van der Waals surface area contributed by atoms with Gasteiger partial charge in [-0.3, -0.25) is 9.59 Å². The Morgan fingerprint density at radius 3 is 2.27 bits per heavy atom. The molecule has 1 unspecified atom stereocenters. The van der Waals surface area contributed by atoms with Crippen LogP contribution in [0.2, 0.25) is 0 Å². The monoisotopic (exact) mass is 355 g/mol. The molecule has 0 bridgehead atoms. The van der Waals surface area contributed by atoms with Crippen molar-refractivity contribution < 1.29 is 19.1 Å². The molecule has 1 aromatic carbocycles. The Bertz CT molecular complexity index is 734. The average Bonchev–Trinajstić information content (AvgIpc) is 2.55. The number of carbonyl (C=O) groups excluding carboxylic acids is 3. The topological polar surface area (TPSA) is 72.5 Å². The van der Waals surface area contributed by atoms with Crippen molar-refractivity contribution in [3.63, 3.8) is 0 Å². The van der Waals surface area contributed by atoms with Crippen molar-refractivity contribution in [2.75, 3.05) is 0 Å². The van der Waals surface area contributed by atoms with E-state index in [2.05, 4.69) is 17.2 Å². The molecule has 0 aromatic heterocycles. The van der Waals surface area contributed by atoms with Crippen molar-refractivity contribution in [1.29, 1.82) is 0 Å². The molecule has 0 heterocycles. The highest BCUT2D eigenvalue weighted by Crippen LogP contribution is 2.33. The number of Topliss-reactive ketones (excluding diaryl/α,β-unsaturated/α-hetero) is 2. The van der Waals surface area contributed by atoms with Gasteiger partial charge in [-0.2, -0.15) is 0 Å². The molecule has 0 radical (unpaired) electrons. The molecule has 138 valence electrons. The lowest BCUT2D eigenvalue weighted by Crippen LogP contribution is -2.56. The van der Waals surface area contributed by atoms with E-state index in [1.165, 1.54) is 0 Å². The van der Waals surface area contributed by atoms with E-state index in [-0.39, 0.29) is 11.6 Å². The number of ketones is 2. The summed E-state index contributed by atoms with van der Waals surface area (Å²) in [5.74, 6) is 5.48. The molecule has 1 amide bonds. The zero-order valence-electron chi connectivity index (χ0n) is 15.7. The van der Waals surface area contributed by atoms with E-state index < -0.39 is 23.2 Å². The van der Waals surface area contributed by atoms with Gasteiger partial charge in [-0.15, -0.1) is 0 Å². The summed E-state index contributed by atoms with van der Waals surface area (Å²) in [5.41, 5.74) is -1.32. The van der Waals surface area contributed by atoms with Crippen LogP contribution in [-0.4, -0.2) is 29.3 Å². The van der Waals surface area contributed by atoms with E-state index in [0.29, 0.717) is 19.3 Å². The van der Waals surface area contributed by atoms with E-state index in [0.717, 1.165) is 5.56 Å². The number of benzene rings is 1. The van der Waals surface area contributed by atoms with E-state index in [1.807, 2.05) is 30.3 Å². The van der Waals surface area contributed by atoms with Crippen LogP contribution in [0.5, 0.6) is 0 Å². The van der Waals surface area contributed by atoms with Gasteiger partial charge in [0.15, 0.2) is 0 Å². The molecule has 1 aromatic rings. The number of hydrogen-bond donors (Lipinski definition) is 1. The Morgan fingerprint density at radius 2 is 1.73 bits per heavy atom. The second-order valence-corrected chi connectivity index (χ2v) is 7.62. The Hall–Kier alpha value is -2.61. The first kappa shape index (κ1) is 19.7. The number of rotatable bonds is 2. The summed E-state index contributed by atoms with van der Waals surface area (Å²) in [6.07, 6.45) is 0.458. The molecular weight excluding hydrogens is 330 g/mol. The second kappa shape index (κ2) is 7.74. The SMILES string of the molecule is CC(C)(C)OC(=O)NC(C#Cc1ccccc1)C1(C)C(=O)CCCC1=O. The minimum atomic E-state index is -1.36. The average molecular weight is 355 g/mol. The highest BCUT2D eigenvalue weighted by Gasteiger charge is 2.49. The summed E-state index contributed by atoms with van der Waals surface area (Å²) in [4.78, 5) is 37.4. The zero-order valence-corrected chi connectivity index (χ0v) is 15.7. The molecule has 2 rings (SSSR count). The predicted molar refractivity (Wildman–Crippen MR) is 98.4 cm³/mol. The number of ether oxygens (including phenoxy) is 1. The summed E-state index contributed by atoms with van der Waals surface area (Å²) in [5, 5.41) is 2.64. The fourth-order valence-electron chi connectivity index (χ4n) is 2.83. The third kappa shape index (κ3) is 4.72. The van der Waals surface area contributed by atoms with Crippen LogP contribution in [0.15, 0.2) is 30.3 Å². The van der Waals surface area contributed by atoms with E-state index in [4.69, 9.17) is 4.74 Å². The maximum atomic E-state index is 12.6. The van der Waals surface area contributed by atoms with Gasteiger partial charge in [0.25, 0.3) is 0 Å². The Labute approximate surface area is 154 Å². The minimum Gasteiger partial charge on any atom is -0.444 e. The number of alkyl carbamates (subject to hydrolysis) is 1. The second-order valence-electron chi connectivity index (χ2n) is 7.62. The van der Waals surface area contributed by atoms with Gasteiger partial charge in [0.2, 0.25) is 0 Å². The molecule has 1 atom stereocenters. The lowest BCUT2D eigenvalue weighted by atomic mass is 9.68. The summed E-state index contributed by atoms with van der Waals surface area (Å²) in [6.45, 7) is 6.81. The summed E-state index contributed by atoms with van der Waals surface area (Å²) in [7, 11) is 0. The van der Waals surface area contributed by atoms with Gasteiger partial charge in [-0.25, -0.2) is 4.79 Å². The first-order valence-electron chi connectivity index (χ1n) is 8.75. The summed E-state index contributed by atoms with van der Waals surface area (Å²) >= 11 is 0. The van der Waals surface area contributed by atoms with Crippen LogP contribution in [0.3, 0.4) is 0 Å². The minimum absolute atomic E-state index is 0.197. The molecular formula is C21H25NO4. The van der Waals surface area contributed by atoms with Gasteiger partial charge >= 0.3 is 6.09 Å². The Kier molecular flexibility index (Phi) is 5.86. The predicted octanol–water partition coefficient (Wildman–Crippen LogP) is 3.26. The molecule has 1 N–H and O–H groups in total. The largest absolute Gasteiger partial charge is 0.444 e. The van der Waals surface area contributed by atoms with Crippen LogP contribution in [0, 0.1) is 17.3 Å². The van der Waals surface area contributed by atoms with Gasteiger partial charge in [-0.05, 0) is 46.2 Å². The highest BCUT2D eigenvalue weighted by atomic mass is 16.6.